The molecule has 1 fully saturated rings. The summed E-state index contributed by atoms with van der Waals surface area (Å²) in [5, 5.41) is 13.4. The molecule has 6 heteroatoms. The van der Waals surface area contributed by atoms with Crippen molar-refractivity contribution < 1.29 is 19.4 Å². The molecule has 104 valence electrons. The Balaban J connectivity index is 1.97. The number of carbonyl (C=O) groups is 1. The Labute approximate surface area is 111 Å². The molecule has 0 saturated carbocycles. The second-order valence-corrected chi connectivity index (χ2v) is 4.61. The van der Waals surface area contributed by atoms with Crippen LogP contribution in [0.3, 0.4) is 0 Å². The third-order valence-corrected chi connectivity index (χ3v) is 3.20. The van der Waals surface area contributed by atoms with Gasteiger partial charge in [-0.2, -0.15) is 0 Å². The standard InChI is InChI=1S/C13H18N2O4/c1-18-12(16)11-8-10(2-5-14-11)15-9-13(17)3-6-19-7-4-13/h2,5,8,17H,3-4,6-7,9H2,1H3,(H,14,15). The number of nitrogens with one attached hydrogen (secondary N) is 1. The summed E-state index contributed by atoms with van der Waals surface area (Å²) < 4.78 is 9.83. The van der Waals surface area contributed by atoms with E-state index >= 15 is 0 Å². The van der Waals surface area contributed by atoms with Crippen molar-refractivity contribution in [3.8, 4) is 0 Å². The van der Waals surface area contributed by atoms with Crippen LogP contribution in [0.5, 0.6) is 0 Å². The Morgan fingerprint density at radius 2 is 2.32 bits per heavy atom. The van der Waals surface area contributed by atoms with Gasteiger partial charge in [0.2, 0.25) is 0 Å². The van der Waals surface area contributed by atoms with Crippen LogP contribution < -0.4 is 5.32 Å². The topological polar surface area (TPSA) is 80.7 Å². The second kappa shape index (κ2) is 5.99. The van der Waals surface area contributed by atoms with Gasteiger partial charge in [-0.15, -0.1) is 0 Å². The molecule has 0 atom stereocenters. The highest BCUT2D eigenvalue weighted by molar-refractivity contribution is 5.88. The predicted molar refractivity (Wildman–Crippen MR) is 69.1 cm³/mol. The molecule has 2 heterocycles. The normalized spacial score (nSPS) is 17.8. The summed E-state index contributed by atoms with van der Waals surface area (Å²) >= 11 is 0. The van der Waals surface area contributed by atoms with E-state index in [2.05, 4.69) is 15.0 Å². The number of ether oxygens (including phenoxy) is 2. The lowest BCUT2D eigenvalue weighted by atomic mass is 9.94. The van der Waals surface area contributed by atoms with Crippen LogP contribution in [0.25, 0.3) is 0 Å². The smallest absolute Gasteiger partial charge is 0.356 e. The SMILES string of the molecule is COC(=O)c1cc(NCC2(O)CCOCC2)ccn1. The van der Waals surface area contributed by atoms with Crippen LogP contribution in [0.2, 0.25) is 0 Å². The number of aliphatic hydroxyl groups is 1. The van der Waals surface area contributed by atoms with Crippen LogP contribution in [0, 0.1) is 0 Å². The van der Waals surface area contributed by atoms with Crippen LogP contribution in [-0.2, 0) is 9.47 Å². The predicted octanol–water partition coefficient (Wildman–Crippen LogP) is 0.822. The van der Waals surface area contributed by atoms with Gasteiger partial charge in [0.05, 0.1) is 12.7 Å². The second-order valence-electron chi connectivity index (χ2n) is 4.61. The molecule has 0 bridgehead atoms. The molecular weight excluding hydrogens is 248 g/mol. The number of aromatic nitrogens is 1. The van der Waals surface area contributed by atoms with Gasteiger partial charge in [-0.3, -0.25) is 0 Å². The summed E-state index contributed by atoms with van der Waals surface area (Å²) in [6.07, 6.45) is 2.74. The van der Waals surface area contributed by atoms with Crippen molar-refractivity contribution in [3.63, 3.8) is 0 Å². The maximum atomic E-state index is 11.4. The number of hydrogen-bond donors (Lipinski definition) is 2. The Morgan fingerprint density at radius 1 is 1.58 bits per heavy atom. The van der Waals surface area contributed by atoms with Crippen molar-refractivity contribution in [2.24, 2.45) is 0 Å². The summed E-state index contributed by atoms with van der Waals surface area (Å²) in [4.78, 5) is 15.3. The summed E-state index contributed by atoms with van der Waals surface area (Å²) in [6, 6.07) is 3.35. The highest BCUT2D eigenvalue weighted by Gasteiger charge is 2.29. The van der Waals surface area contributed by atoms with E-state index in [1.165, 1.54) is 13.3 Å². The first-order chi connectivity index (χ1) is 9.13. The van der Waals surface area contributed by atoms with E-state index in [1.807, 2.05) is 0 Å². The minimum absolute atomic E-state index is 0.242. The van der Waals surface area contributed by atoms with Gasteiger partial charge in [0, 0.05) is 44.5 Å². The summed E-state index contributed by atoms with van der Waals surface area (Å²) in [5.41, 5.74) is 0.217. The first-order valence-corrected chi connectivity index (χ1v) is 6.21. The van der Waals surface area contributed by atoms with Crippen LogP contribution in [0.1, 0.15) is 23.3 Å². The van der Waals surface area contributed by atoms with Crippen molar-refractivity contribution >= 4 is 11.7 Å². The van der Waals surface area contributed by atoms with E-state index in [0.717, 1.165) is 5.69 Å². The zero-order valence-corrected chi connectivity index (χ0v) is 10.9. The third-order valence-electron chi connectivity index (χ3n) is 3.20. The van der Waals surface area contributed by atoms with Crippen LogP contribution >= 0.6 is 0 Å². The van der Waals surface area contributed by atoms with E-state index < -0.39 is 11.6 Å². The van der Waals surface area contributed by atoms with Gasteiger partial charge < -0.3 is 19.9 Å². The van der Waals surface area contributed by atoms with Crippen molar-refractivity contribution in [1.29, 1.82) is 0 Å². The largest absolute Gasteiger partial charge is 0.464 e. The van der Waals surface area contributed by atoms with E-state index in [9.17, 15) is 9.90 Å². The maximum absolute atomic E-state index is 11.4. The molecule has 1 aliphatic rings. The molecule has 6 nitrogen and oxygen atoms in total. The quantitative estimate of drug-likeness (QED) is 0.785. The van der Waals surface area contributed by atoms with Crippen molar-refractivity contribution in [2.45, 2.75) is 18.4 Å². The first-order valence-electron chi connectivity index (χ1n) is 6.21. The molecule has 1 aromatic heterocycles. The molecular formula is C13H18N2O4. The van der Waals surface area contributed by atoms with Crippen LogP contribution in [0.15, 0.2) is 18.3 Å². The first kappa shape index (κ1) is 13.8. The number of hydrogen-bond acceptors (Lipinski definition) is 6. The Bertz CT molecular complexity index is 444. The fourth-order valence-corrected chi connectivity index (χ4v) is 1.95. The molecule has 0 amide bonds. The lowest BCUT2D eigenvalue weighted by Gasteiger charge is -2.32. The van der Waals surface area contributed by atoms with Crippen LogP contribution in [0.4, 0.5) is 5.69 Å². The Hall–Kier alpha value is -1.66. The molecule has 1 aromatic rings. The molecule has 1 aliphatic heterocycles. The van der Waals surface area contributed by atoms with Crippen LogP contribution in [-0.4, -0.2) is 48.5 Å². The molecule has 0 radical (unpaired) electrons. The van der Waals surface area contributed by atoms with Crippen molar-refractivity contribution in [3.05, 3.63) is 24.0 Å². The minimum Gasteiger partial charge on any atom is -0.464 e. The zero-order chi connectivity index (χ0) is 13.7. The number of anilines is 1. The van der Waals surface area contributed by atoms with E-state index in [1.54, 1.807) is 12.1 Å². The molecule has 19 heavy (non-hydrogen) atoms. The highest BCUT2D eigenvalue weighted by atomic mass is 16.5. The number of carbonyl (C=O) groups excluding carboxylic acids is 1. The van der Waals surface area contributed by atoms with Gasteiger partial charge in [-0.25, -0.2) is 9.78 Å². The monoisotopic (exact) mass is 266 g/mol. The van der Waals surface area contributed by atoms with Gasteiger partial charge in [-0.1, -0.05) is 0 Å². The number of esters is 1. The Morgan fingerprint density at radius 3 is 3.00 bits per heavy atom. The van der Waals surface area contributed by atoms with Gasteiger partial charge in [-0.05, 0) is 12.1 Å². The zero-order valence-electron chi connectivity index (χ0n) is 10.9. The molecule has 2 rings (SSSR count). The van der Waals surface area contributed by atoms with Gasteiger partial charge in [0.25, 0.3) is 0 Å². The molecule has 0 aromatic carbocycles. The maximum Gasteiger partial charge on any atom is 0.356 e. The third kappa shape index (κ3) is 3.65. The Kier molecular flexibility index (Phi) is 4.34. The molecule has 0 unspecified atom stereocenters. The molecule has 0 aliphatic carbocycles. The summed E-state index contributed by atoms with van der Waals surface area (Å²) in [7, 11) is 1.31. The summed E-state index contributed by atoms with van der Waals surface area (Å²) in [5.74, 6) is -0.478. The van der Waals surface area contributed by atoms with Crippen molar-refractivity contribution in [2.75, 3.05) is 32.2 Å². The number of rotatable bonds is 4. The fourth-order valence-electron chi connectivity index (χ4n) is 1.95. The van der Waals surface area contributed by atoms with Gasteiger partial charge in [0.15, 0.2) is 0 Å². The average molecular weight is 266 g/mol. The van der Waals surface area contributed by atoms with Gasteiger partial charge >= 0.3 is 5.97 Å². The molecule has 0 spiro atoms. The summed E-state index contributed by atoms with van der Waals surface area (Å²) in [6.45, 7) is 1.56. The average Bonchev–Trinajstić information content (AvgIpc) is 2.45. The molecule has 1 saturated heterocycles. The highest BCUT2D eigenvalue weighted by Crippen LogP contribution is 2.21. The van der Waals surface area contributed by atoms with E-state index in [0.29, 0.717) is 32.6 Å². The van der Waals surface area contributed by atoms with E-state index in [4.69, 9.17) is 4.74 Å². The fraction of sp³-hybridized carbons (Fsp3) is 0.538. The molecule has 2 N–H and O–H groups in total. The lowest BCUT2D eigenvalue weighted by Crippen LogP contribution is -2.42. The minimum atomic E-state index is -0.757. The number of nitrogens with zero attached hydrogens (tertiary/aromatic N) is 1. The lowest BCUT2D eigenvalue weighted by molar-refractivity contribution is -0.0543. The number of methoxy groups -OCH3 is 1. The van der Waals surface area contributed by atoms with E-state index in [-0.39, 0.29) is 5.69 Å². The van der Waals surface area contributed by atoms with Gasteiger partial charge in [0.1, 0.15) is 5.69 Å². The van der Waals surface area contributed by atoms with Crippen molar-refractivity contribution in [1.82, 2.24) is 4.98 Å². The number of pyridine rings is 1.